The van der Waals surface area contributed by atoms with Gasteiger partial charge in [-0.3, -0.25) is 4.79 Å². The summed E-state index contributed by atoms with van der Waals surface area (Å²) in [6.07, 6.45) is 1.30. The molecular formula is C9H16O3S. The van der Waals surface area contributed by atoms with Crippen LogP contribution in [0.5, 0.6) is 0 Å². The van der Waals surface area contributed by atoms with E-state index in [1.54, 1.807) is 11.8 Å². The van der Waals surface area contributed by atoms with Crippen LogP contribution in [0.15, 0.2) is 0 Å². The molecule has 0 aromatic heterocycles. The van der Waals surface area contributed by atoms with Crippen LogP contribution in [0, 0.1) is 0 Å². The van der Waals surface area contributed by atoms with Crippen molar-refractivity contribution in [3.8, 4) is 0 Å². The standard InChI is InChI=1S/C9H16O3S/c1-6-8(4-5-12-6)13-7(2)9(10)11-3/h6-8H,4-5H2,1-3H3. The van der Waals surface area contributed by atoms with Crippen molar-refractivity contribution in [1.29, 1.82) is 0 Å². The highest BCUT2D eigenvalue weighted by atomic mass is 32.2. The Morgan fingerprint density at radius 3 is 2.85 bits per heavy atom. The van der Waals surface area contributed by atoms with Gasteiger partial charge >= 0.3 is 5.97 Å². The van der Waals surface area contributed by atoms with Gasteiger partial charge in [0, 0.05) is 11.9 Å². The van der Waals surface area contributed by atoms with Gasteiger partial charge in [0.05, 0.1) is 18.5 Å². The Balaban J connectivity index is 2.34. The van der Waals surface area contributed by atoms with E-state index in [9.17, 15) is 4.79 Å². The molecule has 0 aliphatic carbocycles. The molecule has 1 rings (SSSR count). The van der Waals surface area contributed by atoms with E-state index in [4.69, 9.17) is 4.74 Å². The average Bonchev–Trinajstić information content (AvgIpc) is 2.50. The van der Waals surface area contributed by atoms with Crippen molar-refractivity contribution in [1.82, 2.24) is 0 Å². The van der Waals surface area contributed by atoms with Crippen molar-refractivity contribution in [2.45, 2.75) is 36.9 Å². The van der Waals surface area contributed by atoms with Crippen molar-refractivity contribution in [2.24, 2.45) is 0 Å². The first-order chi connectivity index (χ1) is 6.15. The molecule has 0 bridgehead atoms. The Labute approximate surface area is 83.2 Å². The van der Waals surface area contributed by atoms with Crippen LogP contribution >= 0.6 is 11.8 Å². The largest absolute Gasteiger partial charge is 0.468 e. The van der Waals surface area contributed by atoms with Gasteiger partial charge < -0.3 is 9.47 Å². The number of carbonyl (C=O) groups excluding carboxylic acids is 1. The predicted octanol–water partition coefficient (Wildman–Crippen LogP) is 1.46. The molecule has 13 heavy (non-hydrogen) atoms. The van der Waals surface area contributed by atoms with Crippen molar-refractivity contribution < 1.29 is 14.3 Å². The summed E-state index contributed by atoms with van der Waals surface area (Å²) in [4.78, 5) is 11.1. The van der Waals surface area contributed by atoms with Crippen molar-refractivity contribution in [3.05, 3.63) is 0 Å². The Bertz CT molecular complexity index is 184. The third kappa shape index (κ3) is 2.88. The highest BCUT2D eigenvalue weighted by molar-refractivity contribution is 8.01. The highest BCUT2D eigenvalue weighted by Gasteiger charge is 2.28. The smallest absolute Gasteiger partial charge is 0.318 e. The van der Waals surface area contributed by atoms with Gasteiger partial charge in [-0.25, -0.2) is 0 Å². The molecule has 0 N–H and O–H groups in total. The molecule has 3 nitrogen and oxygen atoms in total. The predicted molar refractivity (Wildman–Crippen MR) is 52.9 cm³/mol. The van der Waals surface area contributed by atoms with E-state index in [0.29, 0.717) is 5.25 Å². The van der Waals surface area contributed by atoms with Crippen LogP contribution in [0.2, 0.25) is 0 Å². The summed E-state index contributed by atoms with van der Waals surface area (Å²) in [6.45, 7) is 4.74. The highest BCUT2D eigenvalue weighted by Crippen LogP contribution is 2.29. The molecule has 3 atom stereocenters. The van der Waals surface area contributed by atoms with E-state index in [0.717, 1.165) is 13.0 Å². The molecule has 4 heteroatoms. The monoisotopic (exact) mass is 204 g/mol. The summed E-state index contributed by atoms with van der Waals surface area (Å²) in [5, 5.41) is 0.355. The molecule has 1 fully saturated rings. The minimum atomic E-state index is -0.149. The fourth-order valence-corrected chi connectivity index (χ4v) is 2.64. The van der Waals surface area contributed by atoms with Crippen LogP contribution in [0.25, 0.3) is 0 Å². The fraction of sp³-hybridized carbons (Fsp3) is 0.889. The molecule has 1 aliphatic rings. The molecule has 1 saturated heterocycles. The lowest BCUT2D eigenvalue weighted by Crippen LogP contribution is -2.22. The first-order valence-corrected chi connectivity index (χ1v) is 5.44. The van der Waals surface area contributed by atoms with Crippen LogP contribution in [0.1, 0.15) is 20.3 Å². The minimum absolute atomic E-state index is 0.0841. The molecule has 1 aliphatic heterocycles. The van der Waals surface area contributed by atoms with Gasteiger partial charge in [0.2, 0.25) is 0 Å². The van der Waals surface area contributed by atoms with Gasteiger partial charge in [-0.15, -0.1) is 11.8 Å². The molecule has 0 amide bonds. The third-order valence-corrected chi connectivity index (χ3v) is 3.79. The molecule has 3 unspecified atom stereocenters. The lowest BCUT2D eigenvalue weighted by atomic mass is 10.3. The summed E-state index contributed by atoms with van der Waals surface area (Å²) in [6, 6.07) is 0. The van der Waals surface area contributed by atoms with Gasteiger partial charge in [-0.1, -0.05) is 0 Å². The lowest BCUT2D eigenvalue weighted by Gasteiger charge is -2.16. The number of hydrogen-bond donors (Lipinski definition) is 0. The number of ether oxygens (including phenoxy) is 2. The summed E-state index contributed by atoms with van der Waals surface area (Å²) < 4.78 is 10.1. The first kappa shape index (κ1) is 10.9. The Kier molecular flexibility index (Phi) is 4.06. The molecule has 0 spiro atoms. The maximum absolute atomic E-state index is 11.1. The van der Waals surface area contributed by atoms with E-state index in [1.165, 1.54) is 7.11 Å². The minimum Gasteiger partial charge on any atom is -0.468 e. The maximum atomic E-state index is 11.1. The second-order valence-electron chi connectivity index (χ2n) is 3.20. The third-order valence-electron chi connectivity index (χ3n) is 2.22. The first-order valence-electron chi connectivity index (χ1n) is 4.50. The van der Waals surface area contributed by atoms with E-state index in [2.05, 4.69) is 11.7 Å². The van der Waals surface area contributed by atoms with Gasteiger partial charge in [-0.05, 0) is 20.3 Å². The van der Waals surface area contributed by atoms with Gasteiger partial charge in [0.15, 0.2) is 0 Å². The van der Waals surface area contributed by atoms with Crippen molar-refractivity contribution >= 4 is 17.7 Å². The molecular weight excluding hydrogens is 188 g/mol. The zero-order valence-electron chi connectivity index (χ0n) is 8.28. The quantitative estimate of drug-likeness (QED) is 0.652. The zero-order valence-corrected chi connectivity index (χ0v) is 9.10. The van der Waals surface area contributed by atoms with Gasteiger partial charge in [0.1, 0.15) is 0 Å². The number of hydrogen-bond acceptors (Lipinski definition) is 4. The average molecular weight is 204 g/mol. The topological polar surface area (TPSA) is 35.5 Å². The summed E-state index contributed by atoms with van der Waals surface area (Å²) in [5.74, 6) is -0.149. The van der Waals surface area contributed by atoms with Crippen LogP contribution in [-0.4, -0.2) is 36.3 Å². The second-order valence-corrected chi connectivity index (χ2v) is 4.79. The number of carbonyl (C=O) groups is 1. The molecule has 0 saturated carbocycles. The SMILES string of the molecule is COC(=O)C(C)SC1CCOC1C. The zero-order chi connectivity index (χ0) is 9.84. The number of rotatable bonds is 3. The lowest BCUT2D eigenvalue weighted by molar-refractivity contribution is -0.139. The normalized spacial score (nSPS) is 30.1. The summed E-state index contributed by atoms with van der Waals surface area (Å²) in [5.41, 5.74) is 0. The molecule has 76 valence electrons. The number of esters is 1. The van der Waals surface area contributed by atoms with E-state index < -0.39 is 0 Å². The number of methoxy groups -OCH3 is 1. The second kappa shape index (κ2) is 4.86. The van der Waals surface area contributed by atoms with E-state index in [1.807, 2.05) is 6.92 Å². The van der Waals surface area contributed by atoms with Crippen LogP contribution < -0.4 is 0 Å². The van der Waals surface area contributed by atoms with Gasteiger partial charge in [-0.2, -0.15) is 0 Å². The summed E-state index contributed by atoms with van der Waals surface area (Å²) >= 11 is 1.65. The molecule has 0 radical (unpaired) electrons. The van der Waals surface area contributed by atoms with Crippen molar-refractivity contribution in [2.75, 3.05) is 13.7 Å². The molecule has 0 aromatic rings. The van der Waals surface area contributed by atoms with E-state index >= 15 is 0 Å². The van der Waals surface area contributed by atoms with Gasteiger partial charge in [0.25, 0.3) is 0 Å². The maximum Gasteiger partial charge on any atom is 0.318 e. The number of thioether (sulfide) groups is 1. The van der Waals surface area contributed by atoms with Crippen LogP contribution in [-0.2, 0) is 14.3 Å². The summed E-state index contributed by atoms with van der Waals surface area (Å²) in [7, 11) is 1.42. The Morgan fingerprint density at radius 1 is 1.69 bits per heavy atom. The Morgan fingerprint density at radius 2 is 2.38 bits per heavy atom. The van der Waals surface area contributed by atoms with Crippen LogP contribution in [0.4, 0.5) is 0 Å². The Hall–Kier alpha value is -0.220. The molecule has 0 aromatic carbocycles. The van der Waals surface area contributed by atoms with Crippen LogP contribution in [0.3, 0.4) is 0 Å². The van der Waals surface area contributed by atoms with E-state index in [-0.39, 0.29) is 17.3 Å². The fourth-order valence-electron chi connectivity index (χ4n) is 1.37. The van der Waals surface area contributed by atoms with Crippen molar-refractivity contribution in [3.63, 3.8) is 0 Å². The molecule has 1 heterocycles.